The van der Waals surface area contributed by atoms with E-state index < -0.39 is 5.56 Å². The number of carbonyl (C=O) groups is 1. The fourth-order valence-electron chi connectivity index (χ4n) is 2.80. The Bertz CT molecular complexity index is 1060. The van der Waals surface area contributed by atoms with Crippen LogP contribution in [0.15, 0.2) is 58.5 Å². The molecule has 2 aromatic carbocycles. The van der Waals surface area contributed by atoms with Gasteiger partial charge in [0, 0.05) is 12.1 Å². The van der Waals surface area contributed by atoms with Gasteiger partial charge in [-0.05, 0) is 30.5 Å². The number of anilines is 1. The maximum atomic E-state index is 12.5. The van der Waals surface area contributed by atoms with Gasteiger partial charge in [-0.3, -0.25) is 9.59 Å². The normalized spacial score (nSPS) is 10.7. The Morgan fingerprint density at radius 3 is 2.59 bits per heavy atom. The Kier molecular flexibility index (Phi) is 6.66. The van der Waals surface area contributed by atoms with E-state index in [0.29, 0.717) is 6.42 Å². The summed E-state index contributed by atoms with van der Waals surface area (Å²) in [4.78, 5) is 24.8. The zero-order chi connectivity index (χ0) is 20.8. The number of nitrogens with two attached hydrogens (primary N) is 1. The highest BCUT2D eigenvalue weighted by molar-refractivity contribution is 7.99. The molecule has 1 amide bonds. The van der Waals surface area contributed by atoms with Gasteiger partial charge in [0.2, 0.25) is 11.1 Å². The summed E-state index contributed by atoms with van der Waals surface area (Å²) in [6.45, 7) is 4.03. The van der Waals surface area contributed by atoms with E-state index in [1.807, 2.05) is 62.4 Å². The van der Waals surface area contributed by atoms with Crippen molar-refractivity contribution in [2.45, 2.75) is 31.8 Å². The summed E-state index contributed by atoms with van der Waals surface area (Å²) >= 11 is 1.07. The number of aryl methyl sites for hydroxylation is 2. The molecule has 3 aromatic rings. The molecule has 0 fully saturated rings. The maximum absolute atomic E-state index is 12.5. The topological polar surface area (TPSA) is 103 Å². The molecular weight excluding hydrogens is 386 g/mol. The van der Waals surface area contributed by atoms with Crippen molar-refractivity contribution in [2.75, 3.05) is 16.9 Å². The standard InChI is InChI=1S/C21H23N5O2S/c1-3-16-6-4-5-7-17(16)23-19(27)13-29-21-25-24-18(20(28)26(21)22)12-15-10-8-14(2)9-11-15/h4-11H,3,12-13,22H2,1-2H3,(H,23,27). The minimum Gasteiger partial charge on any atom is -0.334 e. The second kappa shape index (κ2) is 9.38. The second-order valence-corrected chi connectivity index (χ2v) is 7.56. The van der Waals surface area contributed by atoms with Gasteiger partial charge >= 0.3 is 0 Å². The fraction of sp³-hybridized carbons (Fsp3) is 0.238. The smallest absolute Gasteiger partial charge is 0.294 e. The molecular formula is C21H23N5O2S. The Balaban J connectivity index is 1.65. The van der Waals surface area contributed by atoms with E-state index in [0.717, 1.165) is 45.2 Å². The van der Waals surface area contributed by atoms with Crippen molar-refractivity contribution in [3.05, 3.63) is 81.3 Å². The molecule has 0 aliphatic heterocycles. The maximum Gasteiger partial charge on any atom is 0.294 e. The molecule has 29 heavy (non-hydrogen) atoms. The molecule has 3 rings (SSSR count). The van der Waals surface area contributed by atoms with Crippen molar-refractivity contribution in [1.82, 2.24) is 14.9 Å². The highest BCUT2D eigenvalue weighted by Crippen LogP contribution is 2.17. The molecule has 150 valence electrons. The molecule has 0 saturated carbocycles. The van der Waals surface area contributed by atoms with Gasteiger partial charge in [-0.15, -0.1) is 10.2 Å². The highest BCUT2D eigenvalue weighted by atomic mass is 32.2. The quantitative estimate of drug-likeness (QED) is 0.459. The van der Waals surface area contributed by atoms with Crippen molar-refractivity contribution in [2.24, 2.45) is 0 Å². The molecule has 0 saturated heterocycles. The van der Waals surface area contributed by atoms with Gasteiger partial charge in [0.25, 0.3) is 5.56 Å². The van der Waals surface area contributed by atoms with Crippen LogP contribution in [0.1, 0.15) is 29.3 Å². The SMILES string of the molecule is CCc1ccccc1NC(=O)CSc1nnc(Cc2ccc(C)cc2)c(=O)n1N. The monoisotopic (exact) mass is 409 g/mol. The molecule has 0 bridgehead atoms. The van der Waals surface area contributed by atoms with Crippen molar-refractivity contribution >= 4 is 23.4 Å². The lowest BCUT2D eigenvalue weighted by Gasteiger charge is -2.10. The van der Waals surface area contributed by atoms with Gasteiger partial charge in [0.15, 0.2) is 0 Å². The molecule has 7 nitrogen and oxygen atoms in total. The van der Waals surface area contributed by atoms with Crippen molar-refractivity contribution < 1.29 is 4.79 Å². The van der Waals surface area contributed by atoms with Crippen LogP contribution in [0.3, 0.4) is 0 Å². The molecule has 0 unspecified atom stereocenters. The van der Waals surface area contributed by atoms with Crippen LogP contribution in [-0.2, 0) is 17.6 Å². The van der Waals surface area contributed by atoms with E-state index in [9.17, 15) is 9.59 Å². The van der Waals surface area contributed by atoms with Crippen LogP contribution in [0, 0.1) is 6.92 Å². The van der Waals surface area contributed by atoms with E-state index in [1.54, 1.807) is 0 Å². The first-order chi connectivity index (χ1) is 14.0. The number of aromatic nitrogens is 3. The summed E-state index contributed by atoms with van der Waals surface area (Å²) in [5.41, 5.74) is 3.79. The number of hydrogen-bond donors (Lipinski definition) is 2. The highest BCUT2D eigenvalue weighted by Gasteiger charge is 2.13. The number of carbonyl (C=O) groups excluding carboxylic acids is 1. The van der Waals surface area contributed by atoms with Crippen molar-refractivity contribution in [3.63, 3.8) is 0 Å². The van der Waals surface area contributed by atoms with Crippen LogP contribution in [0.5, 0.6) is 0 Å². The molecule has 8 heteroatoms. The minimum atomic E-state index is -0.417. The first-order valence-corrected chi connectivity index (χ1v) is 10.3. The fourth-order valence-corrected chi connectivity index (χ4v) is 3.45. The molecule has 1 aromatic heterocycles. The zero-order valence-corrected chi connectivity index (χ0v) is 17.2. The molecule has 0 aliphatic carbocycles. The number of hydrogen-bond acceptors (Lipinski definition) is 6. The summed E-state index contributed by atoms with van der Waals surface area (Å²) in [6.07, 6.45) is 1.17. The van der Waals surface area contributed by atoms with Crippen LogP contribution in [0.4, 0.5) is 5.69 Å². The molecule has 0 atom stereocenters. The van der Waals surface area contributed by atoms with E-state index >= 15 is 0 Å². The van der Waals surface area contributed by atoms with Gasteiger partial charge in [0.1, 0.15) is 5.69 Å². The van der Waals surface area contributed by atoms with E-state index in [4.69, 9.17) is 5.84 Å². The predicted octanol–water partition coefficient (Wildman–Crippen LogP) is 2.54. The van der Waals surface area contributed by atoms with Crippen LogP contribution in [0.2, 0.25) is 0 Å². The summed E-state index contributed by atoms with van der Waals surface area (Å²) in [5, 5.41) is 11.1. The number of nitrogen functional groups attached to an aromatic ring is 1. The Morgan fingerprint density at radius 2 is 1.86 bits per heavy atom. The third kappa shape index (κ3) is 5.23. The first kappa shape index (κ1) is 20.6. The van der Waals surface area contributed by atoms with Crippen molar-refractivity contribution in [1.29, 1.82) is 0 Å². The number of nitrogens with zero attached hydrogens (tertiary/aromatic N) is 3. The molecule has 0 aliphatic rings. The third-order valence-electron chi connectivity index (χ3n) is 4.42. The van der Waals surface area contributed by atoms with Gasteiger partial charge in [0.05, 0.1) is 5.75 Å². The van der Waals surface area contributed by atoms with Crippen LogP contribution >= 0.6 is 11.8 Å². The number of benzene rings is 2. The van der Waals surface area contributed by atoms with Gasteiger partial charge in [-0.25, -0.2) is 0 Å². The summed E-state index contributed by atoms with van der Waals surface area (Å²) in [6, 6.07) is 15.5. The number of rotatable bonds is 7. The largest absolute Gasteiger partial charge is 0.334 e. The average Bonchev–Trinajstić information content (AvgIpc) is 2.73. The van der Waals surface area contributed by atoms with E-state index in [-0.39, 0.29) is 22.5 Å². The van der Waals surface area contributed by atoms with E-state index in [1.165, 1.54) is 0 Å². The Morgan fingerprint density at radius 1 is 1.14 bits per heavy atom. The average molecular weight is 410 g/mol. The molecule has 1 heterocycles. The lowest BCUT2D eigenvalue weighted by Crippen LogP contribution is -2.34. The summed E-state index contributed by atoms with van der Waals surface area (Å²) < 4.78 is 0.953. The van der Waals surface area contributed by atoms with Crippen LogP contribution < -0.4 is 16.7 Å². The van der Waals surface area contributed by atoms with Gasteiger partial charge in [-0.2, -0.15) is 4.68 Å². The summed E-state index contributed by atoms with van der Waals surface area (Å²) in [5.74, 6) is 5.76. The predicted molar refractivity (Wildman–Crippen MR) is 116 cm³/mol. The third-order valence-corrected chi connectivity index (χ3v) is 5.37. The molecule has 3 N–H and O–H groups in total. The summed E-state index contributed by atoms with van der Waals surface area (Å²) in [7, 11) is 0. The first-order valence-electron chi connectivity index (χ1n) is 9.27. The van der Waals surface area contributed by atoms with E-state index in [2.05, 4.69) is 15.5 Å². The molecule has 0 radical (unpaired) electrons. The van der Waals surface area contributed by atoms with Crippen LogP contribution in [0.25, 0.3) is 0 Å². The lowest BCUT2D eigenvalue weighted by atomic mass is 10.1. The second-order valence-electron chi connectivity index (χ2n) is 6.61. The number of amides is 1. The lowest BCUT2D eigenvalue weighted by molar-refractivity contribution is -0.113. The van der Waals surface area contributed by atoms with Gasteiger partial charge < -0.3 is 11.2 Å². The number of para-hydroxylation sites is 1. The van der Waals surface area contributed by atoms with Crippen LogP contribution in [-0.4, -0.2) is 26.5 Å². The Labute approximate surface area is 173 Å². The van der Waals surface area contributed by atoms with Gasteiger partial charge in [-0.1, -0.05) is 66.7 Å². The zero-order valence-electron chi connectivity index (χ0n) is 16.4. The van der Waals surface area contributed by atoms with Crippen molar-refractivity contribution in [3.8, 4) is 0 Å². The number of thioether (sulfide) groups is 1. The minimum absolute atomic E-state index is 0.0701. The molecule has 0 spiro atoms. The number of nitrogens with one attached hydrogen (secondary N) is 1. The Hall–Kier alpha value is -3.13.